The first-order valence-corrected chi connectivity index (χ1v) is 6.73. The highest BCUT2D eigenvalue weighted by Gasteiger charge is 2.44. The zero-order valence-electron chi connectivity index (χ0n) is 9.16. The molecule has 1 aliphatic heterocycles. The Balaban J connectivity index is 1.74. The Kier molecular flexibility index (Phi) is 3.56. The molecule has 1 saturated carbocycles. The average molecular weight is 249 g/mol. The number of guanidine groups is 1. The largest absolute Gasteiger partial charge is 0.370 e. The van der Waals surface area contributed by atoms with Gasteiger partial charge in [0, 0.05) is 44.0 Å². The second-order valence-corrected chi connectivity index (χ2v) is 5.65. The number of nitrogens with zero attached hydrogens (tertiary/aromatic N) is 2. The molecule has 0 atom stereocenters. The minimum Gasteiger partial charge on any atom is -0.370 e. The van der Waals surface area contributed by atoms with Crippen molar-refractivity contribution < 1.29 is 8.78 Å². The van der Waals surface area contributed by atoms with E-state index < -0.39 is 5.92 Å². The van der Waals surface area contributed by atoms with E-state index in [1.165, 1.54) is 0 Å². The van der Waals surface area contributed by atoms with E-state index in [1.807, 2.05) is 16.7 Å². The summed E-state index contributed by atoms with van der Waals surface area (Å²) in [6.45, 7) is 2.28. The predicted octanol–water partition coefficient (Wildman–Crippen LogP) is 1.40. The van der Waals surface area contributed by atoms with Crippen molar-refractivity contribution in [3.05, 3.63) is 0 Å². The number of thioether (sulfide) groups is 1. The zero-order valence-corrected chi connectivity index (χ0v) is 9.98. The third kappa shape index (κ3) is 2.99. The molecule has 16 heavy (non-hydrogen) atoms. The Morgan fingerprint density at radius 1 is 1.38 bits per heavy atom. The third-order valence-electron chi connectivity index (χ3n) is 3.02. The lowest BCUT2D eigenvalue weighted by atomic mass is 9.81. The van der Waals surface area contributed by atoms with Gasteiger partial charge in [-0.05, 0) is 5.92 Å². The molecule has 1 heterocycles. The normalized spacial score (nSPS) is 26.6. The molecule has 2 N–H and O–H groups in total. The van der Waals surface area contributed by atoms with Crippen molar-refractivity contribution in [3.63, 3.8) is 0 Å². The summed E-state index contributed by atoms with van der Waals surface area (Å²) in [6.07, 6.45) is -0.0563. The monoisotopic (exact) mass is 249 g/mol. The van der Waals surface area contributed by atoms with Crippen LogP contribution in [0.1, 0.15) is 12.8 Å². The highest BCUT2D eigenvalue weighted by atomic mass is 32.2. The Hall–Kier alpha value is -0.520. The van der Waals surface area contributed by atoms with Crippen LogP contribution in [-0.2, 0) is 0 Å². The number of alkyl halides is 2. The van der Waals surface area contributed by atoms with Crippen LogP contribution in [0.5, 0.6) is 0 Å². The van der Waals surface area contributed by atoms with Gasteiger partial charge in [-0.2, -0.15) is 11.8 Å². The van der Waals surface area contributed by atoms with Crippen molar-refractivity contribution in [3.8, 4) is 0 Å². The minimum absolute atomic E-state index is 0.0210. The second-order valence-electron chi connectivity index (χ2n) is 4.43. The highest BCUT2D eigenvalue weighted by Crippen LogP contribution is 2.42. The minimum atomic E-state index is -2.45. The van der Waals surface area contributed by atoms with Crippen LogP contribution < -0.4 is 5.73 Å². The van der Waals surface area contributed by atoms with Crippen LogP contribution in [0.15, 0.2) is 4.99 Å². The summed E-state index contributed by atoms with van der Waals surface area (Å²) in [7, 11) is 0. The first-order valence-electron chi connectivity index (χ1n) is 5.57. The lowest BCUT2D eigenvalue weighted by Crippen LogP contribution is -2.43. The summed E-state index contributed by atoms with van der Waals surface area (Å²) in [5.74, 6) is 0.231. The van der Waals surface area contributed by atoms with Gasteiger partial charge in [0.05, 0.1) is 0 Å². The van der Waals surface area contributed by atoms with Crippen LogP contribution in [-0.4, -0.2) is 47.9 Å². The topological polar surface area (TPSA) is 41.6 Å². The van der Waals surface area contributed by atoms with Gasteiger partial charge in [0.1, 0.15) is 0 Å². The van der Waals surface area contributed by atoms with Crippen molar-refractivity contribution in [1.29, 1.82) is 0 Å². The summed E-state index contributed by atoms with van der Waals surface area (Å²) in [6, 6.07) is 0. The molecule has 1 aliphatic carbocycles. The first-order chi connectivity index (χ1) is 7.57. The lowest BCUT2D eigenvalue weighted by Gasteiger charge is -2.34. The smallest absolute Gasteiger partial charge is 0.248 e. The molecule has 0 bridgehead atoms. The fraction of sp³-hybridized carbons (Fsp3) is 0.900. The van der Waals surface area contributed by atoms with E-state index in [0.717, 1.165) is 24.6 Å². The molecule has 0 amide bonds. The van der Waals surface area contributed by atoms with Crippen LogP contribution in [0.2, 0.25) is 0 Å². The van der Waals surface area contributed by atoms with Crippen LogP contribution in [0, 0.1) is 5.92 Å². The molecule has 0 aromatic heterocycles. The SMILES string of the molecule is NC(=NCC1CC(F)(F)C1)N1CCSCC1. The molecule has 2 fully saturated rings. The van der Waals surface area contributed by atoms with Gasteiger partial charge in [-0.3, -0.25) is 4.99 Å². The fourth-order valence-corrected chi connectivity index (χ4v) is 2.93. The molecule has 0 aromatic rings. The standard InChI is InChI=1S/C10H17F2N3S/c11-10(12)5-8(6-10)7-14-9(13)15-1-3-16-4-2-15/h8H,1-7H2,(H2,13,14). The number of hydrogen-bond acceptors (Lipinski definition) is 2. The van der Waals surface area contributed by atoms with Crippen molar-refractivity contribution in [2.24, 2.45) is 16.6 Å². The van der Waals surface area contributed by atoms with Gasteiger partial charge in [0.25, 0.3) is 0 Å². The first kappa shape index (κ1) is 12.0. The predicted molar refractivity (Wildman–Crippen MR) is 63.1 cm³/mol. The molecule has 0 spiro atoms. The Morgan fingerprint density at radius 2 is 2.00 bits per heavy atom. The summed E-state index contributed by atoms with van der Waals surface area (Å²) < 4.78 is 25.1. The van der Waals surface area contributed by atoms with Gasteiger partial charge >= 0.3 is 0 Å². The van der Waals surface area contributed by atoms with Crippen LogP contribution >= 0.6 is 11.8 Å². The van der Waals surface area contributed by atoms with Crippen LogP contribution in [0.25, 0.3) is 0 Å². The quantitative estimate of drug-likeness (QED) is 0.594. The third-order valence-corrected chi connectivity index (χ3v) is 3.96. The molecule has 0 radical (unpaired) electrons. The van der Waals surface area contributed by atoms with E-state index in [4.69, 9.17) is 5.73 Å². The molecule has 6 heteroatoms. The number of hydrogen-bond donors (Lipinski definition) is 1. The van der Waals surface area contributed by atoms with E-state index in [-0.39, 0.29) is 18.8 Å². The molecule has 2 aliphatic rings. The van der Waals surface area contributed by atoms with Crippen molar-refractivity contribution in [2.75, 3.05) is 31.1 Å². The zero-order chi connectivity index (χ0) is 11.6. The fourth-order valence-electron chi connectivity index (χ4n) is 2.03. The van der Waals surface area contributed by atoms with E-state index >= 15 is 0 Å². The van der Waals surface area contributed by atoms with Gasteiger partial charge in [0.15, 0.2) is 5.96 Å². The van der Waals surface area contributed by atoms with Crippen LogP contribution in [0.3, 0.4) is 0 Å². The Bertz CT molecular complexity index is 269. The molecule has 0 aromatic carbocycles. The van der Waals surface area contributed by atoms with Crippen molar-refractivity contribution in [1.82, 2.24) is 4.90 Å². The van der Waals surface area contributed by atoms with E-state index in [0.29, 0.717) is 12.5 Å². The maximum atomic E-state index is 12.6. The van der Waals surface area contributed by atoms with Gasteiger partial charge in [-0.25, -0.2) is 8.78 Å². The molecule has 1 saturated heterocycles. The summed E-state index contributed by atoms with van der Waals surface area (Å²) in [5.41, 5.74) is 5.82. The number of halogens is 2. The summed E-state index contributed by atoms with van der Waals surface area (Å²) in [4.78, 5) is 6.25. The number of rotatable bonds is 2. The Labute approximate surface area is 98.5 Å². The van der Waals surface area contributed by atoms with E-state index in [9.17, 15) is 8.78 Å². The van der Waals surface area contributed by atoms with E-state index in [2.05, 4.69) is 4.99 Å². The average Bonchev–Trinajstić information content (AvgIpc) is 2.24. The summed E-state index contributed by atoms with van der Waals surface area (Å²) >= 11 is 1.90. The highest BCUT2D eigenvalue weighted by molar-refractivity contribution is 7.99. The van der Waals surface area contributed by atoms with Gasteiger partial charge in [0.2, 0.25) is 5.92 Å². The molecular formula is C10H17F2N3S. The van der Waals surface area contributed by atoms with Crippen molar-refractivity contribution >= 4 is 17.7 Å². The molecule has 92 valence electrons. The second kappa shape index (κ2) is 4.77. The molecule has 2 rings (SSSR count). The lowest BCUT2D eigenvalue weighted by molar-refractivity contribution is -0.107. The molecule has 3 nitrogen and oxygen atoms in total. The van der Waals surface area contributed by atoms with Crippen molar-refractivity contribution in [2.45, 2.75) is 18.8 Å². The van der Waals surface area contributed by atoms with Crippen LogP contribution in [0.4, 0.5) is 8.78 Å². The molecule has 0 unspecified atom stereocenters. The Morgan fingerprint density at radius 3 is 2.56 bits per heavy atom. The molecular weight excluding hydrogens is 232 g/mol. The maximum absolute atomic E-state index is 12.6. The summed E-state index contributed by atoms with van der Waals surface area (Å²) in [5, 5.41) is 0. The maximum Gasteiger partial charge on any atom is 0.248 e. The van der Waals surface area contributed by atoms with Gasteiger partial charge in [-0.15, -0.1) is 0 Å². The number of aliphatic imine (C=N–C) groups is 1. The number of nitrogens with two attached hydrogens (primary N) is 1. The van der Waals surface area contributed by atoms with Gasteiger partial charge in [-0.1, -0.05) is 0 Å². The van der Waals surface area contributed by atoms with E-state index in [1.54, 1.807) is 0 Å². The van der Waals surface area contributed by atoms with Gasteiger partial charge < -0.3 is 10.6 Å².